The third kappa shape index (κ3) is 3.44. The molecule has 2 aromatic carbocycles. The van der Waals surface area contributed by atoms with E-state index in [-0.39, 0.29) is 6.79 Å². The van der Waals surface area contributed by atoms with Gasteiger partial charge in [-0.15, -0.1) is 0 Å². The second-order valence-corrected chi connectivity index (χ2v) is 5.27. The quantitative estimate of drug-likeness (QED) is 0.852. The summed E-state index contributed by atoms with van der Waals surface area (Å²) >= 11 is 5.30. The summed E-state index contributed by atoms with van der Waals surface area (Å²) in [6.07, 6.45) is 0. The van der Waals surface area contributed by atoms with Gasteiger partial charge >= 0.3 is 0 Å². The van der Waals surface area contributed by atoms with E-state index in [0.717, 1.165) is 17.2 Å². The number of nitrogens with one attached hydrogen (secondary N) is 2. The lowest BCUT2D eigenvalue weighted by Crippen LogP contribution is -2.27. The van der Waals surface area contributed by atoms with Crippen LogP contribution in [0.15, 0.2) is 42.5 Å². The molecule has 21 heavy (non-hydrogen) atoms. The Labute approximate surface area is 129 Å². The van der Waals surface area contributed by atoms with Crippen LogP contribution in [0, 0.1) is 6.92 Å². The Balaban J connectivity index is 1.57. The van der Waals surface area contributed by atoms with Crippen LogP contribution in [0.1, 0.15) is 11.1 Å². The van der Waals surface area contributed by atoms with Gasteiger partial charge in [0.1, 0.15) is 0 Å². The molecule has 2 N–H and O–H groups in total. The molecule has 1 heterocycles. The van der Waals surface area contributed by atoms with Gasteiger partial charge < -0.3 is 20.1 Å². The van der Waals surface area contributed by atoms with E-state index in [1.54, 1.807) is 0 Å². The summed E-state index contributed by atoms with van der Waals surface area (Å²) < 4.78 is 10.6. The van der Waals surface area contributed by atoms with Gasteiger partial charge in [-0.25, -0.2) is 0 Å². The zero-order valence-corrected chi connectivity index (χ0v) is 12.5. The van der Waals surface area contributed by atoms with Gasteiger partial charge in [0, 0.05) is 18.3 Å². The predicted molar refractivity (Wildman–Crippen MR) is 86.8 cm³/mol. The van der Waals surface area contributed by atoms with Crippen LogP contribution in [0.4, 0.5) is 5.69 Å². The van der Waals surface area contributed by atoms with Crippen molar-refractivity contribution < 1.29 is 9.47 Å². The maximum Gasteiger partial charge on any atom is 0.231 e. The number of ether oxygens (including phenoxy) is 2. The summed E-state index contributed by atoms with van der Waals surface area (Å²) in [7, 11) is 0. The van der Waals surface area contributed by atoms with Crippen LogP contribution in [-0.2, 0) is 6.54 Å². The minimum atomic E-state index is 0.273. The molecule has 2 aromatic rings. The summed E-state index contributed by atoms with van der Waals surface area (Å²) in [5.41, 5.74) is 3.31. The van der Waals surface area contributed by atoms with Crippen molar-refractivity contribution in [2.45, 2.75) is 13.5 Å². The molecule has 0 saturated heterocycles. The molecule has 1 aliphatic heterocycles. The molecular formula is C16H16N2O2S. The first-order valence-electron chi connectivity index (χ1n) is 6.71. The minimum absolute atomic E-state index is 0.273. The van der Waals surface area contributed by atoms with Crippen LogP contribution in [0.2, 0.25) is 0 Å². The van der Waals surface area contributed by atoms with E-state index < -0.39 is 0 Å². The maximum absolute atomic E-state index is 5.34. The highest BCUT2D eigenvalue weighted by Gasteiger charge is 2.13. The average molecular weight is 300 g/mol. The van der Waals surface area contributed by atoms with Crippen LogP contribution in [-0.4, -0.2) is 11.9 Å². The molecule has 0 fully saturated rings. The Morgan fingerprint density at radius 1 is 1.14 bits per heavy atom. The molecule has 3 rings (SSSR count). The van der Waals surface area contributed by atoms with Crippen LogP contribution < -0.4 is 20.1 Å². The van der Waals surface area contributed by atoms with E-state index in [4.69, 9.17) is 21.7 Å². The van der Waals surface area contributed by atoms with Gasteiger partial charge in [0.25, 0.3) is 0 Å². The molecule has 5 heteroatoms. The SMILES string of the molecule is Cc1cccc(CNC(=S)Nc2ccc3c(c2)OCO3)c1. The van der Waals surface area contributed by atoms with E-state index >= 15 is 0 Å². The first kappa shape index (κ1) is 13.7. The lowest BCUT2D eigenvalue weighted by Gasteiger charge is -2.11. The molecule has 108 valence electrons. The van der Waals surface area contributed by atoms with Gasteiger partial charge in [-0.3, -0.25) is 0 Å². The third-order valence-corrected chi connectivity index (χ3v) is 3.41. The van der Waals surface area contributed by atoms with Gasteiger partial charge in [-0.2, -0.15) is 0 Å². The highest BCUT2D eigenvalue weighted by molar-refractivity contribution is 7.80. The molecule has 0 radical (unpaired) electrons. The van der Waals surface area contributed by atoms with Gasteiger partial charge in [0.2, 0.25) is 6.79 Å². The fourth-order valence-electron chi connectivity index (χ4n) is 2.15. The average Bonchev–Trinajstić information content (AvgIpc) is 2.93. The van der Waals surface area contributed by atoms with Crippen molar-refractivity contribution in [2.75, 3.05) is 12.1 Å². The highest BCUT2D eigenvalue weighted by atomic mass is 32.1. The molecule has 0 atom stereocenters. The maximum atomic E-state index is 5.34. The summed E-state index contributed by atoms with van der Waals surface area (Å²) in [6.45, 7) is 3.04. The Morgan fingerprint density at radius 2 is 2.00 bits per heavy atom. The number of aryl methyl sites for hydroxylation is 1. The second-order valence-electron chi connectivity index (χ2n) is 4.86. The van der Waals surface area contributed by atoms with E-state index in [1.165, 1.54) is 11.1 Å². The van der Waals surface area contributed by atoms with Crippen LogP contribution in [0.3, 0.4) is 0 Å². The van der Waals surface area contributed by atoms with E-state index in [9.17, 15) is 0 Å². The lowest BCUT2D eigenvalue weighted by molar-refractivity contribution is 0.174. The molecule has 1 aliphatic rings. The molecule has 0 amide bonds. The predicted octanol–water partition coefficient (Wildman–Crippen LogP) is 3.21. The van der Waals surface area contributed by atoms with Crippen molar-refractivity contribution in [1.82, 2.24) is 5.32 Å². The van der Waals surface area contributed by atoms with Crippen molar-refractivity contribution in [2.24, 2.45) is 0 Å². The lowest BCUT2D eigenvalue weighted by atomic mass is 10.1. The third-order valence-electron chi connectivity index (χ3n) is 3.17. The summed E-state index contributed by atoms with van der Waals surface area (Å²) in [5.74, 6) is 1.50. The summed E-state index contributed by atoms with van der Waals surface area (Å²) in [5, 5.41) is 6.91. The van der Waals surface area contributed by atoms with Gasteiger partial charge in [0.15, 0.2) is 16.6 Å². The van der Waals surface area contributed by atoms with Crippen molar-refractivity contribution in [3.63, 3.8) is 0 Å². The smallest absolute Gasteiger partial charge is 0.231 e. The number of thiocarbonyl (C=S) groups is 1. The van der Waals surface area contributed by atoms with Gasteiger partial charge in [0.05, 0.1) is 0 Å². The van der Waals surface area contributed by atoms with Crippen LogP contribution in [0.5, 0.6) is 11.5 Å². The monoisotopic (exact) mass is 300 g/mol. The van der Waals surface area contributed by atoms with Gasteiger partial charge in [-0.05, 0) is 36.8 Å². The fraction of sp³-hybridized carbons (Fsp3) is 0.188. The molecule has 4 nitrogen and oxygen atoms in total. The van der Waals surface area contributed by atoms with Crippen molar-refractivity contribution >= 4 is 23.0 Å². The first-order chi connectivity index (χ1) is 10.2. The Hall–Kier alpha value is -2.27. The molecule has 0 unspecified atom stereocenters. The summed E-state index contributed by atoms with van der Waals surface area (Å²) in [6, 6.07) is 14.0. The Kier molecular flexibility index (Phi) is 3.92. The molecular weight excluding hydrogens is 284 g/mol. The van der Waals surface area contributed by atoms with Crippen molar-refractivity contribution in [1.29, 1.82) is 0 Å². The molecule has 0 aliphatic carbocycles. The minimum Gasteiger partial charge on any atom is -0.454 e. The van der Waals surface area contributed by atoms with Crippen molar-refractivity contribution in [3.05, 3.63) is 53.6 Å². The number of benzene rings is 2. The van der Waals surface area contributed by atoms with Crippen LogP contribution >= 0.6 is 12.2 Å². The Morgan fingerprint density at radius 3 is 2.86 bits per heavy atom. The molecule has 0 aromatic heterocycles. The highest BCUT2D eigenvalue weighted by Crippen LogP contribution is 2.34. The number of fused-ring (bicyclic) bond motifs is 1. The summed E-state index contributed by atoms with van der Waals surface area (Å²) in [4.78, 5) is 0. The normalized spacial score (nSPS) is 12.0. The van der Waals surface area contributed by atoms with Crippen LogP contribution in [0.25, 0.3) is 0 Å². The number of anilines is 1. The van der Waals surface area contributed by atoms with E-state index in [2.05, 4.69) is 35.8 Å². The number of hydrogen-bond acceptors (Lipinski definition) is 3. The van der Waals surface area contributed by atoms with E-state index in [1.807, 2.05) is 24.3 Å². The number of rotatable bonds is 3. The zero-order valence-electron chi connectivity index (χ0n) is 11.7. The fourth-order valence-corrected chi connectivity index (χ4v) is 2.34. The topological polar surface area (TPSA) is 42.5 Å². The largest absolute Gasteiger partial charge is 0.454 e. The Bertz CT molecular complexity index is 673. The van der Waals surface area contributed by atoms with Crippen molar-refractivity contribution in [3.8, 4) is 11.5 Å². The second kappa shape index (κ2) is 6.01. The zero-order chi connectivity index (χ0) is 14.7. The molecule has 0 spiro atoms. The number of hydrogen-bond donors (Lipinski definition) is 2. The standard InChI is InChI=1S/C16H16N2O2S/c1-11-3-2-4-12(7-11)9-17-16(21)18-13-5-6-14-15(8-13)20-10-19-14/h2-8H,9-10H2,1H3,(H2,17,18,21). The van der Waals surface area contributed by atoms with Gasteiger partial charge in [-0.1, -0.05) is 29.8 Å². The first-order valence-corrected chi connectivity index (χ1v) is 7.11. The molecule has 0 saturated carbocycles. The molecule has 0 bridgehead atoms. The van der Waals surface area contributed by atoms with E-state index in [0.29, 0.717) is 11.7 Å².